The molecule has 0 aliphatic carbocycles. The lowest BCUT2D eigenvalue weighted by molar-refractivity contribution is 0.154. The van der Waals surface area contributed by atoms with Crippen LogP contribution in [-0.4, -0.2) is 60.9 Å². The van der Waals surface area contributed by atoms with Crippen LogP contribution in [0.3, 0.4) is 0 Å². The first-order valence-corrected chi connectivity index (χ1v) is 10.1. The van der Waals surface area contributed by atoms with E-state index in [0.29, 0.717) is 5.69 Å². The third kappa shape index (κ3) is 5.01. The van der Waals surface area contributed by atoms with Crippen molar-refractivity contribution in [3.63, 3.8) is 0 Å². The molecule has 0 spiro atoms. The van der Waals surface area contributed by atoms with Gasteiger partial charge in [0.1, 0.15) is 5.75 Å². The zero-order valence-corrected chi connectivity index (χ0v) is 17.3. The molecule has 1 saturated heterocycles. The van der Waals surface area contributed by atoms with Gasteiger partial charge in [0, 0.05) is 37.6 Å². The molecule has 1 aliphatic rings. The van der Waals surface area contributed by atoms with Crippen molar-refractivity contribution in [2.45, 2.75) is 26.0 Å². The molecule has 1 fully saturated rings. The third-order valence-electron chi connectivity index (χ3n) is 5.41. The molecule has 30 heavy (non-hydrogen) atoms. The Morgan fingerprint density at radius 2 is 1.47 bits per heavy atom. The maximum atomic E-state index is 12.4. The maximum Gasteiger partial charge on any atom is 0.327 e. The van der Waals surface area contributed by atoms with Crippen LogP contribution in [0.15, 0.2) is 48.5 Å². The molecule has 0 aromatic heterocycles. The predicted molar refractivity (Wildman–Crippen MR) is 120 cm³/mol. The van der Waals surface area contributed by atoms with E-state index in [0.717, 1.165) is 43.9 Å². The van der Waals surface area contributed by atoms with Crippen molar-refractivity contribution in [2.75, 3.05) is 40.9 Å². The second-order valence-electron chi connectivity index (χ2n) is 7.48. The van der Waals surface area contributed by atoms with E-state index >= 15 is 0 Å². The zero-order valence-electron chi connectivity index (χ0n) is 17.3. The van der Waals surface area contributed by atoms with Crippen LogP contribution in [0.25, 0.3) is 0 Å². The van der Waals surface area contributed by atoms with Gasteiger partial charge in [0.15, 0.2) is 0 Å². The highest BCUT2D eigenvalue weighted by atomic mass is 16.3. The highest BCUT2D eigenvalue weighted by Crippen LogP contribution is 2.24. The van der Waals surface area contributed by atoms with Gasteiger partial charge < -0.3 is 25.3 Å². The number of hydrogen-bond acceptors (Lipinski definition) is 6. The number of nitrogens with zero attached hydrogens (tertiary/aromatic N) is 3. The Kier molecular flexibility index (Phi) is 6.79. The molecular weight excluding hydrogens is 382 g/mol. The van der Waals surface area contributed by atoms with Gasteiger partial charge in [-0.05, 0) is 62.4 Å². The molecule has 1 heterocycles. The van der Waals surface area contributed by atoms with Crippen LogP contribution in [-0.2, 0) is 0 Å². The lowest BCUT2D eigenvalue weighted by Crippen LogP contribution is -2.47. The molecule has 8 nitrogen and oxygen atoms in total. The lowest BCUT2D eigenvalue weighted by atomic mass is 10.2. The number of aliphatic hydroxyl groups is 1. The number of carbonyl (C=O) groups excluding carboxylic acids is 1. The molecule has 0 radical (unpaired) electrons. The van der Waals surface area contributed by atoms with Gasteiger partial charge in [0.05, 0.1) is 24.2 Å². The van der Waals surface area contributed by atoms with Crippen molar-refractivity contribution in [3.8, 4) is 5.75 Å². The minimum absolute atomic E-state index is 0.269. The Morgan fingerprint density at radius 1 is 1.00 bits per heavy atom. The van der Waals surface area contributed by atoms with Crippen LogP contribution < -0.4 is 20.0 Å². The molecule has 2 unspecified atom stereocenters. The normalized spacial score (nSPS) is 16.0. The number of anilines is 3. The Morgan fingerprint density at radius 3 is 1.90 bits per heavy atom. The fourth-order valence-corrected chi connectivity index (χ4v) is 3.35. The summed E-state index contributed by atoms with van der Waals surface area (Å²) >= 11 is 0. The van der Waals surface area contributed by atoms with E-state index in [4.69, 9.17) is 5.41 Å². The number of piperazine rings is 1. The van der Waals surface area contributed by atoms with Gasteiger partial charge in [-0.25, -0.2) is 4.79 Å². The van der Waals surface area contributed by atoms with E-state index in [9.17, 15) is 15.0 Å². The van der Waals surface area contributed by atoms with Crippen LogP contribution >= 0.6 is 0 Å². The highest BCUT2D eigenvalue weighted by Gasteiger charge is 2.20. The molecule has 3 rings (SSSR count). The molecule has 2 atom stereocenters. The summed E-state index contributed by atoms with van der Waals surface area (Å²) in [6.07, 6.45) is 0.291. The van der Waals surface area contributed by atoms with Gasteiger partial charge in [-0.1, -0.05) is 0 Å². The first kappa shape index (κ1) is 21.4. The summed E-state index contributed by atoms with van der Waals surface area (Å²) in [7, 11) is 0. The van der Waals surface area contributed by atoms with Crippen LogP contribution in [0, 0.1) is 5.41 Å². The number of hydrogen-bond donors (Lipinski definition) is 4. The number of urea groups is 1. The van der Waals surface area contributed by atoms with Gasteiger partial charge in [0.25, 0.3) is 0 Å². The summed E-state index contributed by atoms with van der Waals surface area (Å²) in [6.45, 7) is 6.79. The summed E-state index contributed by atoms with van der Waals surface area (Å²) in [6, 6.07) is 13.9. The fraction of sp³-hybridized carbons (Fsp3) is 0.364. The molecule has 160 valence electrons. The molecule has 8 heteroatoms. The average Bonchev–Trinajstić information content (AvgIpc) is 2.75. The molecule has 2 aromatic rings. The van der Waals surface area contributed by atoms with Crippen LogP contribution in [0.5, 0.6) is 5.75 Å². The molecule has 1 aliphatic heterocycles. The zero-order chi connectivity index (χ0) is 21.7. The quantitative estimate of drug-likeness (QED) is 0.432. The molecule has 0 bridgehead atoms. The van der Waals surface area contributed by atoms with Gasteiger partial charge >= 0.3 is 6.03 Å². The Hall–Kier alpha value is -3.26. The molecular formula is C22H29N5O3. The summed E-state index contributed by atoms with van der Waals surface area (Å²) in [5.74, 6) is 0.269. The third-order valence-corrected chi connectivity index (χ3v) is 5.41. The first-order valence-electron chi connectivity index (χ1n) is 10.1. The second kappa shape index (κ2) is 9.49. The van der Waals surface area contributed by atoms with Gasteiger partial charge in [-0.2, -0.15) is 0 Å². The number of carbonyl (C=O) groups is 1. The molecule has 2 amide bonds. The highest BCUT2D eigenvalue weighted by molar-refractivity contribution is 6.06. The second-order valence-corrected chi connectivity index (χ2v) is 7.48. The summed E-state index contributed by atoms with van der Waals surface area (Å²) in [4.78, 5) is 18.2. The Bertz CT molecular complexity index is 846. The molecule has 4 N–H and O–H groups in total. The number of aromatic hydroxyl groups is 1. The van der Waals surface area contributed by atoms with E-state index in [1.165, 1.54) is 4.90 Å². The van der Waals surface area contributed by atoms with Gasteiger partial charge in [0.2, 0.25) is 0 Å². The summed E-state index contributed by atoms with van der Waals surface area (Å²) in [5, 5.41) is 29.3. The Balaban J connectivity index is 1.60. The van der Waals surface area contributed by atoms with Crippen molar-refractivity contribution in [3.05, 3.63) is 48.5 Å². The van der Waals surface area contributed by atoms with Crippen LogP contribution in [0.2, 0.25) is 0 Å². The van der Waals surface area contributed by atoms with E-state index < -0.39 is 18.2 Å². The van der Waals surface area contributed by atoms with Crippen molar-refractivity contribution >= 4 is 29.4 Å². The number of phenols is 1. The van der Waals surface area contributed by atoms with Gasteiger partial charge in [-0.3, -0.25) is 10.3 Å². The van der Waals surface area contributed by atoms with E-state index in [-0.39, 0.29) is 5.75 Å². The number of benzene rings is 2. The fourth-order valence-electron chi connectivity index (χ4n) is 3.35. The smallest absolute Gasteiger partial charge is 0.327 e. The number of aliphatic hydroxyl groups excluding tert-OH is 1. The summed E-state index contributed by atoms with van der Waals surface area (Å²) in [5.41, 5.74) is 2.75. The molecule has 2 aromatic carbocycles. The monoisotopic (exact) mass is 411 g/mol. The van der Waals surface area contributed by atoms with Gasteiger partial charge in [-0.15, -0.1) is 0 Å². The number of amides is 2. The minimum Gasteiger partial charge on any atom is -0.508 e. The number of rotatable bonds is 6. The largest absolute Gasteiger partial charge is 0.508 e. The topological polar surface area (TPSA) is 103 Å². The van der Waals surface area contributed by atoms with E-state index in [1.54, 1.807) is 26.0 Å². The predicted octanol–water partition coefficient (Wildman–Crippen LogP) is 2.61. The summed E-state index contributed by atoms with van der Waals surface area (Å²) < 4.78 is 0. The standard InChI is InChI=1S/C22H29N5O3/c1-16(17(2)28)24-22(30)27(15-23)20-5-3-18(4-6-20)25-11-13-26(14-12-25)19-7-9-21(29)10-8-19/h3-10,15-17,23,28-29H,11-14H2,1-2H3,(H,24,30). The number of nitrogens with one attached hydrogen (secondary N) is 2. The van der Waals surface area contributed by atoms with E-state index in [1.807, 2.05) is 36.4 Å². The van der Waals surface area contributed by atoms with Crippen molar-refractivity contribution in [1.29, 1.82) is 5.41 Å². The van der Waals surface area contributed by atoms with Crippen molar-refractivity contribution < 1.29 is 15.0 Å². The number of phenolic OH excluding ortho intramolecular Hbond substituents is 1. The Labute approximate surface area is 176 Å². The van der Waals surface area contributed by atoms with Crippen LogP contribution in [0.1, 0.15) is 13.8 Å². The average molecular weight is 412 g/mol. The molecule has 0 saturated carbocycles. The SMILES string of the molecule is CC(O)C(C)NC(=O)N(C=N)c1ccc(N2CCN(c3ccc(O)cc3)CC2)cc1. The van der Waals surface area contributed by atoms with E-state index in [2.05, 4.69) is 15.1 Å². The first-order chi connectivity index (χ1) is 14.4. The van der Waals surface area contributed by atoms with Crippen LogP contribution in [0.4, 0.5) is 21.9 Å². The minimum atomic E-state index is -0.677. The maximum absolute atomic E-state index is 12.4. The van der Waals surface area contributed by atoms with Crippen molar-refractivity contribution in [2.24, 2.45) is 0 Å². The lowest BCUT2D eigenvalue weighted by Gasteiger charge is -2.37. The van der Waals surface area contributed by atoms with Crippen molar-refractivity contribution in [1.82, 2.24) is 5.32 Å².